The highest BCUT2D eigenvalue weighted by Crippen LogP contribution is 2.38. The molecule has 0 amide bonds. The summed E-state index contributed by atoms with van der Waals surface area (Å²) in [6, 6.07) is 7.42. The number of ether oxygens (including phenoxy) is 1. The van der Waals surface area contributed by atoms with Gasteiger partial charge in [-0.15, -0.1) is 0 Å². The largest absolute Gasteiger partial charge is 0.508 e. The van der Waals surface area contributed by atoms with E-state index in [-0.39, 0.29) is 11.8 Å². The number of benzene rings is 1. The van der Waals surface area contributed by atoms with Gasteiger partial charge in [-0.1, -0.05) is 25.0 Å². The van der Waals surface area contributed by atoms with Crippen molar-refractivity contribution in [3.63, 3.8) is 0 Å². The van der Waals surface area contributed by atoms with Gasteiger partial charge in [-0.3, -0.25) is 5.32 Å². The fraction of sp³-hybridized carbons (Fsp3) is 0.600. The summed E-state index contributed by atoms with van der Waals surface area (Å²) < 4.78 is 6.29. The summed E-state index contributed by atoms with van der Waals surface area (Å²) in [5.74, 6) is 0.318. The van der Waals surface area contributed by atoms with E-state index >= 15 is 0 Å². The van der Waals surface area contributed by atoms with Crippen LogP contribution in [0, 0.1) is 0 Å². The van der Waals surface area contributed by atoms with E-state index in [0.29, 0.717) is 5.75 Å². The third-order valence-corrected chi connectivity index (χ3v) is 4.13. The lowest BCUT2D eigenvalue weighted by Gasteiger charge is -2.28. The van der Waals surface area contributed by atoms with Crippen LogP contribution in [-0.4, -0.2) is 17.4 Å². The maximum Gasteiger partial charge on any atom is 0.120 e. The summed E-state index contributed by atoms with van der Waals surface area (Å²) in [5, 5.41) is 13.1. The van der Waals surface area contributed by atoms with Crippen molar-refractivity contribution in [1.29, 1.82) is 0 Å². The molecule has 0 radical (unpaired) electrons. The van der Waals surface area contributed by atoms with Crippen LogP contribution in [0.2, 0.25) is 0 Å². The van der Waals surface area contributed by atoms with Gasteiger partial charge < -0.3 is 9.84 Å². The average Bonchev–Trinajstić information content (AvgIpc) is 2.64. The lowest BCUT2D eigenvalue weighted by Crippen LogP contribution is -2.40. The molecule has 1 aliphatic carbocycles. The van der Waals surface area contributed by atoms with E-state index in [9.17, 15) is 5.11 Å². The summed E-state index contributed by atoms with van der Waals surface area (Å²) >= 11 is 0. The fourth-order valence-corrected chi connectivity index (χ4v) is 3.14. The molecule has 2 N–H and O–H groups in total. The van der Waals surface area contributed by atoms with E-state index in [1.165, 1.54) is 25.7 Å². The Kier molecular flexibility index (Phi) is 3.27. The smallest absolute Gasteiger partial charge is 0.120 e. The zero-order valence-corrected chi connectivity index (χ0v) is 10.7. The minimum absolute atomic E-state index is 0.0789. The van der Waals surface area contributed by atoms with Crippen LogP contribution in [0.15, 0.2) is 24.3 Å². The normalized spacial score (nSPS) is 27.2. The number of hydrogen-bond acceptors (Lipinski definition) is 3. The van der Waals surface area contributed by atoms with Crippen LogP contribution in [-0.2, 0) is 4.74 Å². The van der Waals surface area contributed by atoms with Crippen molar-refractivity contribution >= 4 is 0 Å². The van der Waals surface area contributed by atoms with Crippen LogP contribution in [0.3, 0.4) is 0 Å². The van der Waals surface area contributed by atoms with Gasteiger partial charge in [0.2, 0.25) is 0 Å². The summed E-state index contributed by atoms with van der Waals surface area (Å²) in [4.78, 5) is 0. The number of hydrogen-bond donors (Lipinski definition) is 2. The molecule has 1 saturated carbocycles. The SMILES string of the molecule is Oc1cccc([C@@H]2CNC3(CCCCCC3)O2)c1. The summed E-state index contributed by atoms with van der Waals surface area (Å²) in [6.45, 7) is 0.851. The minimum atomic E-state index is -0.105. The summed E-state index contributed by atoms with van der Waals surface area (Å²) in [6.07, 6.45) is 7.45. The lowest BCUT2D eigenvalue weighted by molar-refractivity contribution is -0.0614. The molecule has 2 fully saturated rings. The van der Waals surface area contributed by atoms with E-state index in [1.54, 1.807) is 6.07 Å². The van der Waals surface area contributed by atoms with Crippen molar-refractivity contribution in [2.24, 2.45) is 0 Å². The number of phenolic OH excluding ortho intramolecular Hbond substituents is 1. The second-order valence-corrected chi connectivity index (χ2v) is 5.49. The molecule has 0 bridgehead atoms. The molecule has 1 aliphatic heterocycles. The van der Waals surface area contributed by atoms with Gasteiger partial charge in [-0.05, 0) is 43.4 Å². The van der Waals surface area contributed by atoms with Crippen LogP contribution in [0.4, 0.5) is 0 Å². The molecule has 1 aromatic carbocycles. The number of phenols is 1. The van der Waals surface area contributed by atoms with E-state index in [1.807, 2.05) is 18.2 Å². The Morgan fingerprint density at radius 2 is 1.94 bits per heavy atom. The van der Waals surface area contributed by atoms with Crippen LogP contribution in [0.25, 0.3) is 0 Å². The van der Waals surface area contributed by atoms with Crippen molar-refractivity contribution in [3.8, 4) is 5.75 Å². The Hall–Kier alpha value is -1.06. The molecular weight excluding hydrogens is 226 g/mol. The average molecular weight is 247 g/mol. The first-order chi connectivity index (χ1) is 8.77. The second-order valence-electron chi connectivity index (χ2n) is 5.49. The third kappa shape index (κ3) is 2.38. The van der Waals surface area contributed by atoms with Gasteiger partial charge in [0.15, 0.2) is 0 Å². The fourth-order valence-electron chi connectivity index (χ4n) is 3.14. The molecule has 3 rings (SSSR count). The molecule has 1 saturated heterocycles. The van der Waals surface area contributed by atoms with Crippen molar-refractivity contribution in [2.75, 3.05) is 6.54 Å². The van der Waals surface area contributed by atoms with Crippen molar-refractivity contribution in [2.45, 2.75) is 50.4 Å². The Labute approximate surface area is 108 Å². The summed E-state index contributed by atoms with van der Waals surface area (Å²) in [7, 11) is 0. The maximum absolute atomic E-state index is 9.54. The first-order valence-electron chi connectivity index (χ1n) is 6.99. The standard InChI is InChI=1S/C15H21NO2/c17-13-7-5-6-12(10-13)14-11-16-15(18-14)8-3-1-2-4-9-15/h5-7,10,14,16-17H,1-4,8-9,11H2/t14-/m0/s1. The molecular formula is C15H21NO2. The van der Waals surface area contributed by atoms with Gasteiger partial charge >= 0.3 is 0 Å². The van der Waals surface area contributed by atoms with E-state index in [2.05, 4.69) is 5.32 Å². The zero-order chi connectivity index (χ0) is 12.4. The second kappa shape index (κ2) is 4.90. The number of aromatic hydroxyl groups is 1. The number of rotatable bonds is 1. The first kappa shape index (κ1) is 12.0. The van der Waals surface area contributed by atoms with Crippen molar-refractivity contribution < 1.29 is 9.84 Å². The monoisotopic (exact) mass is 247 g/mol. The van der Waals surface area contributed by atoms with Crippen molar-refractivity contribution in [1.82, 2.24) is 5.32 Å². The molecule has 1 aromatic rings. The minimum Gasteiger partial charge on any atom is -0.508 e. The van der Waals surface area contributed by atoms with Crippen LogP contribution in [0.5, 0.6) is 5.75 Å². The van der Waals surface area contributed by atoms with Crippen molar-refractivity contribution in [3.05, 3.63) is 29.8 Å². The quantitative estimate of drug-likeness (QED) is 0.801. The van der Waals surface area contributed by atoms with Gasteiger partial charge in [0.1, 0.15) is 11.5 Å². The zero-order valence-electron chi connectivity index (χ0n) is 10.7. The highest BCUT2D eigenvalue weighted by molar-refractivity contribution is 5.29. The molecule has 98 valence electrons. The molecule has 1 heterocycles. The van der Waals surface area contributed by atoms with Crippen LogP contribution >= 0.6 is 0 Å². The van der Waals surface area contributed by atoms with E-state index in [4.69, 9.17) is 4.74 Å². The Bertz CT molecular complexity index is 411. The maximum atomic E-state index is 9.54. The highest BCUT2D eigenvalue weighted by Gasteiger charge is 2.40. The Morgan fingerprint density at radius 1 is 1.17 bits per heavy atom. The molecule has 0 unspecified atom stereocenters. The Balaban J connectivity index is 1.74. The Morgan fingerprint density at radius 3 is 2.67 bits per heavy atom. The molecule has 0 aromatic heterocycles. The molecule has 1 atom stereocenters. The van der Waals surface area contributed by atoms with Gasteiger partial charge in [0, 0.05) is 6.54 Å². The molecule has 1 spiro atoms. The summed E-state index contributed by atoms with van der Waals surface area (Å²) in [5.41, 5.74) is 0.968. The molecule has 3 nitrogen and oxygen atoms in total. The highest BCUT2D eigenvalue weighted by atomic mass is 16.5. The van der Waals surface area contributed by atoms with Gasteiger partial charge in [-0.25, -0.2) is 0 Å². The van der Waals surface area contributed by atoms with Gasteiger partial charge in [0.05, 0.1) is 6.10 Å². The van der Waals surface area contributed by atoms with Crippen LogP contribution < -0.4 is 5.32 Å². The predicted octanol–water partition coefficient (Wildman–Crippen LogP) is 3.10. The van der Waals surface area contributed by atoms with E-state index in [0.717, 1.165) is 24.9 Å². The van der Waals surface area contributed by atoms with Crippen LogP contribution in [0.1, 0.15) is 50.2 Å². The molecule has 2 aliphatic rings. The van der Waals surface area contributed by atoms with Gasteiger partial charge in [0.25, 0.3) is 0 Å². The van der Waals surface area contributed by atoms with E-state index < -0.39 is 0 Å². The predicted molar refractivity (Wildman–Crippen MR) is 70.4 cm³/mol. The number of nitrogens with one attached hydrogen (secondary N) is 1. The molecule has 18 heavy (non-hydrogen) atoms. The third-order valence-electron chi connectivity index (χ3n) is 4.13. The molecule has 3 heteroatoms. The lowest BCUT2D eigenvalue weighted by atomic mass is 10.1. The first-order valence-corrected chi connectivity index (χ1v) is 6.99. The topological polar surface area (TPSA) is 41.5 Å². The van der Waals surface area contributed by atoms with Gasteiger partial charge in [-0.2, -0.15) is 0 Å².